The van der Waals surface area contributed by atoms with Crippen molar-refractivity contribution in [2.24, 2.45) is 5.92 Å². The van der Waals surface area contributed by atoms with E-state index in [1.807, 2.05) is 6.07 Å². The number of sulfonamides is 1. The Morgan fingerprint density at radius 3 is 2.39 bits per heavy atom. The molecule has 0 bridgehead atoms. The van der Waals surface area contributed by atoms with E-state index < -0.39 is 10.0 Å². The van der Waals surface area contributed by atoms with Gasteiger partial charge in [-0.15, -0.1) is 0 Å². The molecule has 3 nitrogen and oxygen atoms in total. The predicted molar refractivity (Wildman–Crippen MR) is 72.8 cm³/mol. The zero-order chi connectivity index (χ0) is 12.8. The van der Waals surface area contributed by atoms with E-state index in [-0.39, 0.29) is 0 Å². The molecule has 0 unspecified atom stereocenters. The number of nitrogens with one attached hydrogen (secondary N) is 1. The minimum atomic E-state index is -3.31. The summed E-state index contributed by atoms with van der Waals surface area (Å²) in [7, 11) is -3.31. The summed E-state index contributed by atoms with van der Waals surface area (Å²) in [4.78, 5) is 0.355. The monoisotopic (exact) mass is 267 g/mol. The minimum Gasteiger partial charge on any atom is -0.211 e. The molecular weight excluding hydrogens is 246 g/mol. The fraction of sp³-hybridized carbons (Fsp3) is 0.571. The summed E-state index contributed by atoms with van der Waals surface area (Å²) >= 11 is 0. The van der Waals surface area contributed by atoms with Gasteiger partial charge in [-0.25, -0.2) is 13.1 Å². The lowest BCUT2D eigenvalue weighted by molar-refractivity contribution is 0.339. The van der Waals surface area contributed by atoms with Gasteiger partial charge in [-0.2, -0.15) is 0 Å². The second-order valence-corrected chi connectivity index (χ2v) is 6.77. The molecule has 18 heavy (non-hydrogen) atoms. The Morgan fingerprint density at radius 1 is 1.06 bits per heavy atom. The van der Waals surface area contributed by atoms with E-state index in [0.29, 0.717) is 17.4 Å². The molecule has 1 aliphatic carbocycles. The van der Waals surface area contributed by atoms with Gasteiger partial charge in [-0.3, -0.25) is 0 Å². The number of hydrogen-bond donors (Lipinski definition) is 1. The lowest BCUT2D eigenvalue weighted by Crippen LogP contribution is -2.26. The van der Waals surface area contributed by atoms with Crippen LogP contribution in [0.25, 0.3) is 0 Å². The van der Waals surface area contributed by atoms with Crippen LogP contribution in [0.1, 0.15) is 38.5 Å². The molecule has 1 N–H and O–H groups in total. The second-order valence-electron chi connectivity index (χ2n) is 5.00. The van der Waals surface area contributed by atoms with E-state index in [0.717, 1.165) is 6.42 Å². The Balaban J connectivity index is 1.82. The Hall–Kier alpha value is -0.870. The third-order valence-corrected chi connectivity index (χ3v) is 5.10. The van der Waals surface area contributed by atoms with Crippen molar-refractivity contribution in [3.8, 4) is 0 Å². The molecule has 1 aromatic carbocycles. The highest BCUT2D eigenvalue weighted by Crippen LogP contribution is 2.25. The Bertz CT molecular complexity index is 450. The molecule has 0 spiro atoms. The Kier molecular flexibility index (Phi) is 4.78. The molecule has 0 aromatic heterocycles. The quantitative estimate of drug-likeness (QED) is 0.891. The van der Waals surface area contributed by atoms with Gasteiger partial charge < -0.3 is 0 Å². The SMILES string of the molecule is O=S(=O)(NCCC1CCCCC1)c1ccccc1. The third-order valence-electron chi connectivity index (χ3n) is 3.62. The molecule has 0 aliphatic heterocycles. The van der Waals surface area contributed by atoms with E-state index in [4.69, 9.17) is 0 Å². The molecule has 0 heterocycles. The molecule has 1 saturated carbocycles. The van der Waals surface area contributed by atoms with Gasteiger partial charge in [0.25, 0.3) is 0 Å². The van der Waals surface area contributed by atoms with E-state index in [2.05, 4.69) is 4.72 Å². The molecular formula is C14H21NO2S. The first-order valence-corrected chi connectivity index (χ1v) is 8.21. The van der Waals surface area contributed by atoms with Gasteiger partial charge in [0.1, 0.15) is 0 Å². The maximum atomic E-state index is 12.0. The van der Waals surface area contributed by atoms with E-state index in [1.54, 1.807) is 24.3 Å². The van der Waals surface area contributed by atoms with Crippen LogP contribution in [0, 0.1) is 5.92 Å². The van der Waals surface area contributed by atoms with E-state index in [9.17, 15) is 8.42 Å². The summed E-state index contributed by atoms with van der Waals surface area (Å²) in [5, 5.41) is 0. The average molecular weight is 267 g/mol. The predicted octanol–water partition coefficient (Wildman–Crippen LogP) is 2.94. The van der Waals surface area contributed by atoms with Crippen molar-refractivity contribution < 1.29 is 8.42 Å². The maximum absolute atomic E-state index is 12.0. The molecule has 1 aliphatic rings. The summed E-state index contributed by atoms with van der Waals surface area (Å²) in [5.41, 5.74) is 0. The maximum Gasteiger partial charge on any atom is 0.240 e. The smallest absolute Gasteiger partial charge is 0.211 e. The van der Waals surface area contributed by atoms with Crippen LogP contribution in [0.5, 0.6) is 0 Å². The van der Waals surface area contributed by atoms with Crippen LogP contribution in [0.4, 0.5) is 0 Å². The molecule has 100 valence electrons. The van der Waals surface area contributed by atoms with Gasteiger partial charge in [-0.1, -0.05) is 50.3 Å². The first-order valence-electron chi connectivity index (χ1n) is 6.73. The van der Waals surface area contributed by atoms with Crippen molar-refractivity contribution in [3.63, 3.8) is 0 Å². The number of benzene rings is 1. The fourth-order valence-corrected chi connectivity index (χ4v) is 3.62. The van der Waals surface area contributed by atoms with Gasteiger partial charge in [0.05, 0.1) is 4.90 Å². The average Bonchev–Trinajstić information content (AvgIpc) is 2.41. The van der Waals surface area contributed by atoms with Gasteiger partial charge in [0.2, 0.25) is 10.0 Å². The van der Waals surface area contributed by atoms with Crippen LogP contribution >= 0.6 is 0 Å². The zero-order valence-corrected chi connectivity index (χ0v) is 11.5. The third kappa shape index (κ3) is 3.82. The first kappa shape index (κ1) is 13.6. The highest BCUT2D eigenvalue weighted by Gasteiger charge is 2.16. The van der Waals surface area contributed by atoms with Crippen molar-refractivity contribution in [1.29, 1.82) is 0 Å². The van der Waals surface area contributed by atoms with Gasteiger partial charge in [0.15, 0.2) is 0 Å². The van der Waals surface area contributed by atoms with Crippen LogP contribution in [-0.4, -0.2) is 15.0 Å². The molecule has 0 radical (unpaired) electrons. The largest absolute Gasteiger partial charge is 0.240 e. The summed E-state index contributed by atoms with van der Waals surface area (Å²) in [5.74, 6) is 0.706. The molecule has 4 heteroatoms. The summed E-state index contributed by atoms with van der Waals surface area (Å²) < 4.78 is 26.6. The minimum absolute atomic E-state index is 0.355. The van der Waals surface area contributed by atoms with Crippen molar-refractivity contribution in [2.75, 3.05) is 6.54 Å². The van der Waals surface area contributed by atoms with Crippen molar-refractivity contribution in [3.05, 3.63) is 30.3 Å². The molecule has 1 aromatic rings. The van der Waals surface area contributed by atoms with Crippen molar-refractivity contribution in [1.82, 2.24) is 4.72 Å². The lowest BCUT2D eigenvalue weighted by atomic mass is 9.87. The topological polar surface area (TPSA) is 46.2 Å². The highest BCUT2D eigenvalue weighted by molar-refractivity contribution is 7.89. The standard InChI is InChI=1S/C14H21NO2S/c16-18(17,14-9-5-2-6-10-14)15-12-11-13-7-3-1-4-8-13/h2,5-6,9-10,13,15H,1,3-4,7-8,11-12H2. The summed E-state index contributed by atoms with van der Waals surface area (Å²) in [6, 6.07) is 8.57. The number of rotatable bonds is 5. The second kappa shape index (κ2) is 6.34. The van der Waals surface area contributed by atoms with Crippen LogP contribution < -0.4 is 4.72 Å². The highest BCUT2D eigenvalue weighted by atomic mass is 32.2. The van der Waals surface area contributed by atoms with Gasteiger partial charge in [-0.05, 0) is 24.5 Å². The number of hydrogen-bond acceptors (Lipinski definition) is 2. The molecule has 2 rings (SSSR count). The van der Waals surface area contributed by atoms with Crippen molar-refractivity contribution >= 4 is 10.0 Å². The van der Waals surface area contributed by atoms with Crippen LogP contribution in [-0.2, 0) is 10.0 Å². The molecule has 0 atom stereocenters. The van der Waals surface area contributed by atoms with E-state index in [1.165, 1.54) is 32.1 Å². The van der Waals surface area contributed by atoms with Gasteiger partial charge >= 0.3 is 0 Å². The fourth-order valence-electron chi connectivity index (χ4n) is 2.56. The summed E-state index contributed by atoms with van der Waals surface area (Å²) in [6.45, 7) is 0.557. The Morgan fingerprint density at radius 2 is 1.72 bits per heavy atom. The van der Waals surface area contributed by atoms with E-state index >= 15 is 0 Å². The van der Waals surface area contributed by atoms with Gasteiger partial charge in [0, 0.05) is 6.54 Å². The Labute approximate surface area is 110 Å². The van der Waals surface area contributed by atoms with Crippen LogP contribution in [0.15, 0.2) is 35.2 Å². The van der Waals surface area contributed by atoms with Crippen molar-refractivity contribution in [2.45, 2.75) is 43.4 Å². The lowest BCUT2D eigenvalue weighted by Gasteiger charge is -2.21. The normalized spacial score (nSPS) is 17.8. The molecule has 0 amide bonds. The summed E-state index contributed by atoms with van der Waals surface area (Å²) in [6.07, 6.45) is 7.42. The first-order chi connectivity index (χ1) is 8.68. The molecule has 0 saturated heterocycles. The van der Waals surface area contributed by atoms with Crippen LogP contribution in [0.3, 0.4) is 0 Å². The zero-order valence-electron chi connectivity index (χ0n) is 10.6. The molecule has 1 fully saturated rings. The van der Waals surface area contributed by atoms with Crippen LogP contribution in [0.2, 0.25) is 0 Å².